The van der Waals surface area contributed by atoms with Crippen LogP contribution in [0.3, 0.4) is 0 Å². The van der Waals surface area contributed by atoms with Gasteiger partial charge >= 0.3 is 0 Å². The standard InChI is InChI=1S/C15H22N4O4S/c1-10(2)4-5-18-6-7-19(13-9-24(21,22)8-12(13)18)15(20)14-11(3)16-23-17-14/h4,12-13H,5-9H2,1-3H3/t12-,13+/m0/s1. The first-order valence-corrected chi connectivity index (χ1v) is 9.78. The van der Waals surface area contributed by atoms with E-state index in [1.807, 2.05) is 13.8 Å². The molecular weight excluding hydrogens is 332 g/mol. The molecule has 1 aromatic heterocycles. The van der Waals surface area contributed by atoms with Crippen molar-refractivity contribution in [2.75, 3.05) is 31.1 Å². The van der Waals surface area contributed by atoms with Gasteiger partial charge in [0.15, 0.2) is 15.5 Å². The fourth-order valence-corrected chi connectivity index (χ4v) is 5.38. The van der Waals surface area contributed by atoms with Gasteiger partial charge in [-0.1, -0.05) is 16.8 Å². The molecule has 0 radical (unpaired) electrons. The number of piperazine rings is 1. The molecule has 132 valence electrons. The van der Waals surface area contributed by atoms with Gasteiger partial charge in [-0.2, -0.15) is 0 Å². The van der Waals surface area contributed by atoms with E-state index in [-0.39, 0.29) is 35.2 Å². The van der Waals surface area contributed by atoms with E-state index in [4.69, 9.17) is 0 Å². The van der Waals surface area contributed by atoms with Gasteiger partial charge in [0.1, 0.15) is 5.69 Å². The number of amides is 1. The van der Waals surface area contributed by atoms with Crippen molar-refractivity contribution in [3.63, 3.8) is 0 Å². The van der Waals surface area contributed by atoms with Crippen LogP contribution in [0.25, 0.3) is 0 Å². The van der Waals surface area contributed by atoms with Gasteiger partial charge in [-0.15, -0.1) is 0 Å². The number of sulfone groups is 1. The molecule has 0 saturated carbocycles. The van der Waals surface area contributed by atoms with Gasteiger partial charge in [-0.05, 0) is 25.9 Å². The van der Waals surface area contributed by atoms with E-state index in [0.717, 1.165) is 0 Å². The largest absolute Gasteiger partial charge is 0.330 e. The molecule has 1 aromatic rings. The maximum absolute atomic E-state index is 12.7. The Labute approximate surface area is 141 Å². The first-order chi connectivity index (χ1) is 11.3. The number of hydrogen-bond acceptors (Lipinski definition) is 7. The van der Waals surface area contributed by atoms with Gasteiger partial charge in [0.25, 0.3) is 5.91 Å². The van der Waals surface area contributed by atoms with Crippen molar-refractivity contribution in [2.45, 2.75) is 32.9 Å². The predicted octanol–water partition coefficient (Wildman–Crippen LogP) is 0.268. The lowest BCUT2D eigenvalue weighted by atomic mass is 10.0. The van der Waals surface area contributed by atoms with Crippen molar-refractivity contribution < 1.29 is 17.8 Å². The Balaban J connectivity index is 1.86. The smallest absolute Gasteiger partial charge is 0.278 e. The molecule has 9 heteroatoms. The topological polar surface area (TPSA) is 96.6 Å². The third-order valence-corrected chi connectivity index (χ3v) is 6.34. The zero-order valence-corrected chi connectivity index (χ0v) is 14.9. The molecule has 0 N–H and O–H groups in total. The van der Waals surface area contributed by atoms with Gasteiger partial charge in [0.05, 0.1) is 17.5 Å². The summed E-state index contributed by atoms with van der Waals surface area (Å²) < 4.78 is 29.0. The molecule has 2 atom stereocenters. The number of fused-ring (bicyclic) bond motifs is 1. The second kappa shape index (κ2) is 6.29. The summed E-state index contributed by atoms with van der Waals surface area (Å²) in [4.78, 5) is 16.5. The monoisotopic (exact) mass is 354 g/mol. The van der Waals surface area contributed by atoms with Crippen LogP contribution in [0.4, 0.5) is 0 Å². The highest BCUT2D eigenvalue weighted by Crippen LogP contribution is 2.28. The number of aromatic nitrogens is 2. The summed E-state index contributed by atoms with van der Waals surface area (Å²) in [5.41, 5.74) is 1.77. The van der Waals surface area contributed by atoms with E-state index in [1.54, 1.807) is 11.8 Å². The molecule has 2 fully saturated rings. The van der Waals surface area contributed by atoms with Crippen LogP contribution in [-0.4, -0.2) is 77.7 Å². The van der Waals surface area contributed by atoms with Crippen LogP contribution >= 0.6 is 0 Å². The number of carbonyl (C=O) groups is 1. The second-order valence-corrected chi connectivity index (χ2v) is 8.84. The zero-order chi connectivity index (χ0) is 17.5. The Hall–Kier alpha value is -1.74. The van der Waals surface area contributed by atoms with Gasteiger partial charge in [-0.3, -0.25) is 9.69 Å². The van der Waals surface area contributed by atoms with Crippen LogP contribution in [0.15, 0.2) is 16.3 Å². The van der Waals surface area contributed by atoms with E-state index in [0.29, 0.717) is 25.3 Å². The summed E-state index contributed by atoms with van der Waals surface area (Å²) in [6.45, 7) is 7.49. The van der Waals surface area contributed by atoms with E-state index >= 15 is 0 Å². The van der Waals surface area contributed by atoms with Crippen molar-refractivity contribution in [3.8, 4) is 0 Å². The Morgan fingerprint density at radius 3 is 2.58 bits per heavy atom. The van der Waals surface area contributed by atoms with Crippen molar-refractivity contribution in [2.24, 2.45) is 0 Å². The number of hydrogen-bond donors (Lipinski definition) is 0. The van der Waals surface area contributed by atoms with E-state index in [9.17, 15) is 13.2 Å². The Morgan fingerprint density at radius 2 is 1.96 bits per heavy atom. The van der Waals surface area contributed by atoms with Crippen molar-refractivity contribution in [1.82, 2.24) is 20.1 Å². The molecule has 2 saturated heterocycles. The van der Waals surface area contributed by atoms with Crippen LogP contribution < -0.4 is 0 Å². The van der Waals surface area contributed by atoms with Crippen LogP contribution in [-0.2, 0) is 9.84 Å². The Bertz CT molecular complexity index is 766. The average molecular weight is 354 g/mol. The van der Waals surface area contributed by atoms with Crippen LogP contribution in [0.1, 0.15) is 30.0 Å². The molecule has 24 heavy (non-hydrogen) atoms. The molecule has 2 aliphatic heterocycles. The lowest BCUT2D eigenvalue weighted by molar-refractivity contribution is 0.0359. The van der Waals surface area contributed by atoms with E-state index < -0.39 is 9.84 Å². The predicted molar refractivity (Wildman–Crippen MR) is 87.3 cm³/mol. The minimum Gasteiger partial charge on any atom is -0.330 e. The van der Waals surface area contributed by atoms with Gasteiger partial charge in [0.2, 0.25) is 0 Å². The van der Waals surface area contributed by atoms with Gasteiger partial charge in [0, 0.05) is 25.7 Å². The third-order valence-electron chi connectivity index (χ3n) is 4.64. The highest BCUT2D eigenvalue weighted by atomic mass is 32.2. The Morgan fingerprint density at radius 1 is 1.25 bits per heavy atom. The first-order valence-electron chi connectivity index (χ1n) is 7.96. The number of allylic oxidation sites excluding steroid dienone is 1. The number of nitrogens with zero attached hydrogens (tertiary/aromatic N) is 4. The molecule has 1 amide bonds. The van der Waals surface area contributed by atoms with Gasteiger partial charge < -0.3 is 4.90 Å². The summed E-state index contributed by atoms with van der Waals surface area (Å²) in [6.07, 6.45) is 2.09. The molecule has 2 aliphatic rings. The van der Waals surface area contributed by atoms with Crippen LogP contribution in [0, 0.1) is 6.92 Å². The summed E-state index contributed by atoms with van der Waals surface area (Å²) in [5.74, 6) is -0.213. The summed E-state index contributed by atoms with van der Waals surface area (Å²) >= 11 is 0. The molecule has 3 heterocycles. The third kappa shape index (κ3) is 3.23. The van der Waals surface area contributed by atoms with Crippen LogP contribution in [0.5, 0.6) is 0 Å². The molecule has 0 spiro atoms. The molecule has 0 bridgehead atoms. The second-order valence-electron chi connectivity index (χ2n) is 6.68. The first kappa shape index (κ1) is 17.1. The highest BCUT2D eigenvalue weighted by Gasteiger charge is 2.48. The average Bonchev–Trinajstić information content (AvgIpc) is 3.05. The van der Waals surface area contributed by atoms with Crippen molar-refractivity contribution in [3.05, 3.63) is 23.0 Å². The number of rotatable bonds is 3. The van der Waals surface area contributed by atoms with E-state index in [2.05, 4.69) is 25.9 Å². The number of aryl methyl sites for hydroxylation is 1. The number of carbonyl (C=O) groups excluding carboxylic acids is 1. The summed E-state index contributed by atoms with van der Waals surface area (Å²) in [7, 11) is -3.16. The SMILES string of the molecule is CC(C)=CCN1CCN(C(=O)c2nonc2C)[C@@H]2CS(=O)(=O)C[C@@H]21. The zero-order valence-electron chi connectivity index (χ0n) is 14.1. The fourth-order valence-electron chi connectivity index (χ4n) is 3.37. The molecule has 8 nitrogen and oxygen atoms in total. The molecular formula is C15H22N4O4S. The quantitative estimate of drug-likeness (QED) is 0.719. The maximum Gasteiger partial charge on any atom is 0.278 e. The van der Waals surface area contributed by atoms with Crippen molar-refractivity contribution >= 4 is 15.7 Å². The Kier molecular flexibility index (Phi) is 4.48. The molecule has 0 aromatic carbocycles. The maximum atomic E-state index is 12.7. The molecule has 0 aliphatic carbocycles. The highest BCUT2D eigenvalue weighted by molar-refractivity contribution is 7.91. The van der Waals surface area contributed by atoms with Crippen molar-refractivity contribution in [1.29, 1.82) is 0 Å². The molecule has 0 unspecified atom stereocenters. The lowest BCUT2D eigenvalue weighted by Gasteiger charge is -2.43. The molecule has 3 rings (SSSR count). The fraction of sp³-hybridized carbons (Fsp3) is 0.667. The minimum atomic E-state index is -3.16. The summed E-state index contributed by atoms with van der Waals surface area (Å²) in [5, 5.41) is 7.31. The van der Waals surface area contributed by atoms with Crippen LogP contribution in [0.2, 0.25) is 0 Å². The normalized spacial score (nSPS) is 26.2. The minimum absolute atomic E-state index is 0.000937. The lowest BCUT2D eigenvalue weighted by Crippen LogP contribution is -2.60. The van der Waals surface area contributed by atoms with E-state index in [1.165, 1.54) is 5.57 Å². The van der Waals surface area contributed by atoms with Gasteiger partial charge in [-0.25, -0.2) is 13.0 Å². The summed E-state index contributed by atoms with van der Waals surface area (Å²) in [6, 6.07) is -0.527.